The van der Waals surface area contributed by atoms with E-state index in [1.54, 1.807) is 4.90 Å². The van der Waals surface area contributed by atoms with Crippen LogP contribution in [0.3, 0.4) is 0 Å². The van der Waals surface area contributed by atoms with E-state index < -0.39 is 0 Å². The van der Waals surface area contributed by atoms with Gasteiger partial charge >= 0.3 is 0 Å². The number of ether oxygens (including phenoxy) is 2. The van der Waals surface area contributed by atoms with Gasteiger partial charge in [-0.3, -0.25) is 9.59 Å². The maximum Gasteiger partial charge on any atom is 0.260 e. The molecule has 3 rings (SSSR count). The number of hydrogen-bond acceptors (Lipinski definition) is 4. The molecule has 166 valence electrons. The second kappa shape index (κ2) is 10.8. The lowest BCUT2D eigenvalue weighted by molar-refractivity contribution is -0.140. The molecule has 0 bridgehead atoms. The summed E-state index contributed by atoms with van der Waals surface area (Å²) in [5.41, 5.74) is 3.38. The van der Waals surface area contributed by atoms with Crippen molar-refractivity contribution in [1.29, 1.82) is 0 Å². The summed E-state index contributed by atoms with van der Waals surface area (Å²) in [4.78, 5) is 28.5. The van der Waals surface area contributed by atoms with E-state index in [1.165, 1.54) is 11.1 Å². The van der Waals surface area contributed by atoms with E-state index in [0.717, 1.165) is 17.1 Å². The van der Waals surface area contributed by atoms with Gasteiger partial charge in [0, 0.05) is 32.6 Å². The lowest BCUT2D eigenvalue weighted by Crippen LogP contribution is -2.51. The van der Waals surface area contributed by atoms with Crippen molar-refractivity contribution in [2.45, 2.75) is 33.6 Å². The van der Waals surface area contributed by atoms with Gasteiger partial charge in [-0.05, 0) is 51.0 Å². The summed E-state index contributed by atoms with van der Waals surface area (Å²) in [5, 5.41) is 0. The standard InChI is InChI=1S/C25H32N2O4/c1-19-6-9-22(10-7-19)30-16-4-5-24(28)26-12-14-27(15-13-26)25(29)18-31-23-11-8-20(2)17-21(23)3/h6-11,17H,4-5,12-16,18H2,1-3H3. The molecule has 1 aliphatic heterocycles. The fourth-order valence-corrected chi connectivity index (χ4v) is 3.60. The van der Waals surface area contributed by atoms with Gasteiger partial charge in [-0.1, -0.05) is 35.4 Å². The summed E-state index contributed by atoms with van der Waals surface area (Å²) in [6.45, 7) is 8.79. The van der Waals surface area contributed by atoms with Crippen LogP contribution in [0.4, 0.5) is 0 Å². The molecule has 1 saturated heterocycles. The van der Waals surface area contributed by atoms with E-state index in [1.807, 2.05) is 68.1 Å². The number of carbonyl (C=O) groups excluding carboxylic acids is 2. The van der Waals surface area contributed by atoms with Crippen molar-refractivity contribution in [3.63, 3.8) is 0 Å². The zero-order chi connectivity index (χ0) is 22.2. The molecular formula is C25H32N2O4. The monoisotopic (exact) mass is 424 g/mol. The van der Waals surface area contributed by atoms with Gasteiger partial charge in [0.15, 0.2) is 6.61 Å². The number of hydrogen-bond donors (Lipinski definition) is 0. The molecule has 31 heavy (non-hydrogen) atoms. The molecule has 1 aliphatic rings. The molecule has 0 unspecified atom stereocenters. The quantitative estimate of drug-likeness (QED) is 0.609. The third-order valence-electron chi connectivity index (χ3n) is 5.49. The van der Waals surface area contributed by atoms with E-state index in [2.05, 4.69) is 0 Å². The molecule has 6 heteroatoms. The minimum atomic E-state index is -0.0430. The highest BCUT2D eigenvalue weighted by molar-refractivity contribution is 5.79. The molecule has 0 atom stereocenters. The number of carbonyl (C=O) groups is 2. The molecule has 2 amide bonds. The molecule has 0 aliphatic carbocycles. The molecule has 1 fully saturated rings. The fourth-order valence-electron chi connectivity index (χ4n) is 3.60. The maximum atomic E-state index is 12.5. The summed E-state index contributed by atoms with van der Waals surface area (Å²) < 4.78 is 11.4. The highest BCUT2D eigenvalue weighted by Gasteiger charge is 2.24. The first-order valence-electron chi connectivity index (χ1n) is 10.9. The van der Waals surface area contributed by atoms with Crippen molar-refractivity contribution in [1.82, 2.24) is 9.80 Å². The Morgan fingerprint density at radius 1 is 0.806 bits per heavy atom. The van der Waals surface area contributed by atoms with Crippen LogP contribution in [0, 0.1) is 20.8 Å². The topological polar surface area (TPSA) is 59.1 Å². The lowest BCUT2D eigenvalue weighted by Gasteiger charge is -2.34. The van der Waals surface area contributed by atoms with E-state index in [0.29, 0.717) is 45.6 Å². The number of aryl methyl sites for hydroxylation is 3. The van der Waals surface area contributed by atoms with Crippen LogP contribution in [0.15, 0.2) is 42.5 Å². The molecule has 0 radical (unpaired) electrons. The van der Waals surface area contributed by atoms with Crippen LogP contribution >= 0.6 is 0 Å². The molecule has 6 nitrogen and oxygen atoms in total. The zero-order valence-corrected chi connectivity index (χ0v) is 18.7. The Kier molecular flexibility index (Phi) is 7.93. The molecule has 0 aromatic heterocycles. The number of rotatable bonds is 8. The van der Waals surface area contributed by atoms with Gasteiger partial charge in [0.25, 0.3) is 5.91 Å². The fraction of sp³-hybridized carbons (Fsp3) is 0.440. The third-order valence-corrected chi connectivity index (χ3v) is 5.49. The number of amides is 2. The summed E-state index contributed by atoms with van der Waals surface area (Å²) >= 11 is 0. The summed E-state index contributed by atoms with van der Waals surface area (Å²) in [7, 11) is 0. The van der Waals surface area contributed by atoms with Gasteiger partial charge in [-0.2, -0.15) is 0 Å². The van der Waals surface area contributed by atoms with E-state index >= 15 is 0 Å². The van der Waals surface area contributed by atoms with E-state index in [9.17, 15) is 9.59 Å². The van der Waals surface area contributed by atoms with E-state index in [-0.39, 0.29) is 18.4 Å². The Balaban J connectivity index is 1.34. The summed E-state index contributed by atoms with van der Waals surface area (Å²) in [6.07, 6.45) is 1.13. The van der Waals surface area contributed by atoms with Gasteiger partial charge in [-0.15, -0.1) is 0 Å². The normalized spacial score (nSPS) is 13.8. The highest BCUT2D eigenvalue weighted by Crippen LogP contribution is 2.19. The van der Waals surface area contributed by atoms with Crippen molar-refractivity contribution in [3.05, 3.63) is 59.2 Å². The first-order valence-corrected chi connectivity index (χ1v) is 10.9. The predicted molar refractivity (Wildman–Crippen MR) is 120 cm³/mol. The Bertz CT molecular complexity index is 887. The van der Waals surface area contributed by atoms with Crippen LogP contribution in [0.25, 0.3) is 0 Å². The summed E-state index contributed by atoms with van der Waals surface area (Å²) in [6, 6.07) is 13.8. The number of piperazine rings is 1. The van der Waals surface area contributed by atoms with Crippen LogP contribution in [-0.2, 0) is 9.59 Å². The molecule has 0 N–H and O–H groups in total. The van der Waals surface area contributed by atoms with Crippen LogP contribution in [0.1, 0.15) is 29.5 Å². The average Bonchev–Trinajstić information content (AvgIpc) is 2.77. The molecule has 2 aromatic rings. The van der Waals surface area contributed by atoms with Gasteiger partial charge in [-0.25, -0.2) is 0 Å². The Morgan fingerprint density at radius 2 is 1.42 bits per heavy atom. The molecular weight excluding hydrogens is 392 g/mol. The third kappa shape index (κ3) is 6.74. The zero-order valence-electron chi connectivity index (χ0n) is 18.7. The maximum absolute atomic E-state index is 12.5. The molecule has 2 aromatic carbocycles. The van der Waals surface area contributed by atoms with Crippen LogP contribution in [0.5, 0.6) is 11.5 Å². The van der Waals surface area contributed by atoms with Crippen molar-refractivity contribution < 1.29 is 19.1 Å². The Morgan fingerprint density at radius 3 is 2.06 bits per heavy atom. The van der Waals surface area contributed by atoms with Crippen LogP contribution in [-0.4, -0.2) is 61.0 Å². The molecule has 1 heterocycles. The van der Waals surface area contributed by atoms with Gasteiger partial charge < -0.3 is 19.3 Å². The molecule has 0 saturated carbocycles. The van der Waals surface area contributed by atoms with Crippen molar-refractivity contribution in [3.8, 4) is 11.5 Å². The van der Waals surface area contributed by atoms with Crippen molar-refractivity contribution >= 4 is 11.8 Å². The highest BCUT2D eigenvalue weighted by atomic mass is 16.5. The first kappa shape index (κ1) is 22.7. The second-order valence-electron chi connectivity index (χ2n) is 8.08. The van der Waals surface area contributed by atoms with Gasteiger partial charge in [0.2, 0.25) is 5.91 Å². The number of benzene rings is 2. The van der Waals surface area contributed by atoms with Gasteiger partial charge in [0.1, 0.15) is 11.5 Å². The second-order valence-corrected chi connectivity index (χ2v) is 8.08. The number of nitrogens with zero attached hydrogens (tertiary/aromatic N) is 2. The van der Waals surface area contributed by atoms with E-state index in [4.69, 9.17) is 9.47 Å². The Labute approximate surface area is 184 Å². The largest absolute Gasteiger partial charge is 0.494 e. The van der Waals surface area contributed by atoms with Crippen molar-refractivity contribution in [2.75, 3.05) is 39.4 Å². The summed E-state index contributed by atoms with van der Waals surface area (Å²) in [5.74, 6) is 1.64. The lowest BCUT2D eigenvalue weighted by atomic mass is 10.1. The SMILES string of the molecule is Cc1ccc(OCCCC(=O)N2CCN(C(=O)COc3ccc(C)cc3C)CC2)cc1. The predicted octanol–water partition coefficient (Wildman–Crippen LogP) is 3.52. The van der Waals surface area contributed by atoms with Crippen molar-refractivity contribution in [2.24, 2.45) is 0 Å². The van der Waals surface area contributed by atoms with Crippen LogP contribution in [0.2, 0.25) is 0 Å². The molecule has 0 spiro atoms. The van der Waals surface area contributed by atoms with Gasteiger partial charge in [0.05, 0.1) is 6.61 Å². The minimum Gasteiger partial charge on any atom is -0.494 e. The Hall–Kier alpha value is -3.02. The minimum absolute atomic E-state index is 0.0220. The van der Waals surface area contributed by atoms with Crippen LogP contribution < -0.4 is 9.47 Å². The average molecular weight is 425 g/mol. The smallest absolute Gasteiger partial charge is 0.260 e. The first-order chi connectivity index (χ1) is 14.9.